The molecule has 4 heteroatoms. The van der Waals surface area contributed by atoms with Gasteiger partial charge < -0.3 is 10.2 Å². The topological polar surface area (TPSA) is 43.7 Å². The molecule has 0 radical (unpaired) electrons. The van der Waals surface area contributed by atoms with Gasteiger partial charge in [0.15, 0.2) is 0 Å². The fourth-order valence-corrected chi connectivity index (χ4v) is 3.08. The second-order valence-corrected chi connectivity index (χ2v) is 5.34. The van der Waals surface area contributed by atoms with Gasteiger partial charge in [-0.15, -0.1) is 11.3 Å². The van der Waals surface area contributed by atoms with Crippen molar-refractivity contribution in [1.29, 1.82) is 0 Å². The molecule has 1 aliphatic heterocycles. The van der Waals surface area contributed by atoms with E-state index in [1.807, 2.05) is 6.07 Å². The van der Waals surface area contributed by atoms with E-state index in [1.165, 1.54) is 11.3 Å². The molecule has 0 aromatic carbocycles. The van der Waals surface area contributed by atoms with Crippen LogP contribution in [0.1, 0.15) is 22.6 Å². The Labute approximate surface area is 106 Å². The van der Waals surface area contributed by atoms with Crippen LogP contribution in [-0.2, 0) is 6.54 Å². The van der Waals surface area contributed by atoms with Crippen molar-refractivity contribution in [3.05, 3.63) is 21.9 Å². The molecule has 0 bridgehead atoms. The molecule has 1 aromatic heterocycles. The Hall–Kier alpha value is -0.860. The maximum absolute atomic E-state index is 9.25. The van der Waals surface area contributed by atoms with E-state index in [0.717, 1.165) is 24.4 Å². The number of nitrogens with zero attached hydrogens (tertiary/aromatic N) is 1. The zero-order chi connectivity index (χ0) is 12.1. The van der Waals surface area contributed by atoms with E-state index in [4.69, 9.17) is 5.11 Å². The van der Waals surface area contributed by atoms with Crippen molar-refractivity contribution in [3.63, 3.8) is 0 Å². The lowest BCUT2D eigenvalue weighted by atomic mass is 10.2. The molecule has 17 heavy (non-hydrogen) atoms. The average Bonchev–Trinajstić information content (AvgIpc) is 2.96. The van der Waals surface area contributed by atoms with Crippen molar-refractivity contribution in [2.45, 2.75) is 25.4 Å². The second-order valence-electron chi connectivity index (χ2n) is 4.17. The van der Waals surface area contributed by atoms with Crippen molar-refractivity contribution in [1.82, 2.24) is 4.90 Å². The standard InChI is InChI=1S/C13H17NO2S/c15-8-2-4-12-5-6-13(17-12)9-14-7-1-3-11(14)10-16/h5-6,11,15-16H,1,3,7-10H2. The molecular weight excluding hydrogens is 234 g/mol. The summed E-state index contributed by atoms with van der Waals surface area (Å²) in [4.78, 5) is 4.59. The lowest BCUT2D eigenvalue weighted by Crippen LogP contribution is -2.31. The van der Waals surface area contributed by atoms with Crippen LogP contribution in [-0.4, -0.2) is 40.9 Å². The van der Waals surface area contributed by atoms with Gasteiger partial charge in [-0.25, -0.2) is 0 Å². The maximum atomic E-state index is 9.25. The number of aliphatic hydroxyl groups is 2. The van der Waals surface area contributed by atoms with Gasteiger partial charge in [0.25, 0.3) is 0 Å². The van der Waals surface area contributed by atoms with E-state index in [0.29, 0.717) is 6.04 Å². The number of rotatable bonds is 3. The molecule has 3 nitrogen and oxygen atoms in total. The third-order valence-electron chi connectivity index (χ3n) is 3.02. The van der Waals surface area contributed by atoms with Gasteiger partial charge in [-0.1, -0.05) is 11.8 Å². The van der Waals surface area contributed by atoms with Gasteiger partial charge in [0.05, 0.1) is 11.5 Å². The zero-order valence-corrected chi connectivity index (χ0v) is 10.5. The molecular formula is C13H17NO2S. The summed E-state index contributed by atoms with van der Waals surface area (Å²) in [6, 6.07) is 4.40. The molecule has 1 fully saturated rings. The molecule has 1 aliphatic rings. The number of aliphatic hydroxyl groups excluding tert-OH is 2. The predicted octanol–water partition coefficient (Wildman–Crippen LogP) is 1.05. The van der Waals surface area contributed by atoms with Crippen LogP contribution in [0.5, 0.6) is 0 Å². The van der Waals surface area contributed by atoms with E-state index in [-0.39, 0.29) is 13.2 Å². The fourth-order valence-electron chi connectivity index (χ4n) is 2.17. The summed E-state index contributed by atoms with van der Waals surface area (Å²) in [7, 11) is 0. The largest absolute Gasteiger partial charge is 0.395 e. The quantitative estimate of drug-likeness (QED) is 0.789. The predicted molar refractivity (Wildman–Crippen MR) is 68.8 cm³/mol. The van der Waals surface area contributed by atoms with E-state index in [1.54, 1.807) is 11.3 Å². The smallest absolute Gasteiger partial charge is 0.104 e. The highest BCUT2D eigenvalue weighted by molar-refractivity contribution is 7.12. The summed E-state index contributed by atoms with van der Waals surface area (Å²) in [6.45, 7) is 2.13. The monoisotopic (exact) mass is 251 g/mol. The van der Waals surface area contributed by atoms with Gasteiger partial charge in [0.2, 0.25) is 0 Å². The first-order chi connectivity index (χ1) is 8.33. The first kappa shape index (κ1) is 12.6. The van der Waals surface area contributed by atoms with Crippen molar-refractivity contribution in [2.75, 3.05) is 19.8 Å². The van der Waals surface area contributed by atoms with Crippen molar-refractivity contribution in [2.24, 2.45) is 0 Å². The Balaban J connectivity index is 1.96. The third kappa shape index (κ3) is 3.30. The number of thiophene rings is 1. The number of hydrogen-bond acceptors (Lipinski definition) is 4. The molecule has 1 aromatic rings. The maximum Gasteiger partial charge on any atom is 0.104 e. The lowest BCUT2D eigenvalue weighted by Gasteiger charge is -2.21. The summed E-state index contributed by atoms with van der Waals surface area (Å²) in [6.07, 6.45) is 2.27. The molecule has 2 heterocycles. The molecule has 92 valence electrons. The lowest BCUT2D eigenvalue weighted by molar-refractivity contribution is 0.154. The highest BCUT2D eigenvalue weighted by Gasteiger charge is 2.23. The minimum absolute atomic E-state index is 0.0913. The van der Waals surface area contributed by atoms with Crippen LogP contribution in [0.25, 0.3) is 0 Å². The van der Waals surface area contributed by atoms with Gasteiger partial charge in [-0.2, -0.15) is 0 Å². The highest BCUT2D eigenvalue weighted by Crippen LogP contribution is 2.23. The Morgan fingerprint density at radius 3 is 3.06 bits per heavy atom. The van der Waals surface area contributed by atoms with Gasteiger partial charge in [0.1, 0.15) is 6.61 Å². The summed E-state index contributed by atoms with van der Waals surface area (Å²) in [5.41, 5.74) is 0. The summed E-state index contributed by atoms with van der Waals surface area (Å²) in [5.74, 6) is 5.57. The zero-order valence-electron chi connectivity index (χ0n) is 9.72. The molecule has 0 spiro atoms. The Morgan fingerprint density at radius 1 is 1.41 bits per heavy atom. The third-order valence-corrected chi connectivity index (χ3v) is 4.01. The van der Waals surface area contributed by atoms with Gasteiger partial charge >= 0.3 is 0 Å². The SMILES string of the molecule is OCC#Cc1ccc(CN2CCCC2CO)s1. The Morgan fingerprint density at radius 2 is 2.29 bits per heavy atom. The summed E-state index contributed by atoms with van der Waals surface area (Å²) >= 11 is 1.66. The Bertz CT molecular complexity index is 419. The van der Waals surface area contributed by atoms with Gasteiger partial charge in [0, 0.05) is 17.5 Å². The fraction of sp³-hybridized carbons (Fsp3) is 0.538. The van der Waals surface area contributed by atoms with E-state index < -0.39 is 0 Å². The molecule has 2 rings (SSSR count). The molecule has 1 saturated heterocycles. The van der Waals surface area contributed by atoms with E-state index in [9.17, 15) is 5.11 Å². The second kappa shape index (κ2) is 6.18. The van der Waals surface area contributed by atoms with Crippen LogP contribution in [0.2, 0.25) is 0 Å². The molecule has 1 unspecified atom stereocenters. The molecule has 1 atom stereocenters. The van der Waals surface area contributed by atoms with Crippen LogP contribution >= 0.6 is 11.3 Å². The average molecular weight is 251 g/mol. The van der Waals surface area contributed by atoms with Gasteiger partial charge in [-0.3, -0.25) is 4.90 Å². The summed E-state index contributed by atoms with van der Waals surface area (Å²) < 4.78 is 0. The number of hydrogen-bond donors (Lipinski definition) is 2. The van der Waals surface area contributed by atoms with Crippen molar-refractivity contribution < 1.29 is 10.2 Å². The number of likely N-dealkylation sites (tertiary alicyclic amines) is 1. The van der Waals surface area contributed by atoms with Crippen LogP contribution in [0.15, 0.2) is 12.1 Å². The Kier molecular flexibility index (Phi) is 4.57. The van der Waals surface area contributed by atoms with Crippen LogP contribution < -0.4 is 0 Å². The summed E-state index contributed by atoms with van der Waals surface area (Å²) in [5, 5.41) is 17.9. The molecule has 0 aliphatic carbocycles. The molecule has 0 amide bonds. The minimum Gasteiger partial charge on any atom is -0.395 e. The molecule has 2 N–H and O–H groups in total. The van der Waals surface area contributed by atoms with E-state index >= 15 is 0 Å². The molecule has 0 saturated carbocycles. The van der Waals surface area contributed by atoms with E-state index in [2.05, 4.69) is 22.8 Å². The minimum atomic E-state index is -0.0913. The normalized spacial score (nSPS) is 20.2. The van der Waals surface area contributed by atoms with Crippen molar-refractivity contribution in [3.8, 4) is 11.8 Å². The van der Waals surface area contributed by atoms with Gasteiger partial charge in [-0.05, 0) is 31.5 Å². The van der Waals surface area contributed by atoms with Crippen LogP contribution in [0.3, 0.4) is 0 Å². The highest BCUT2D eigenvalue weighted by atomic mass is 32.1. The van der Waals surface area contributed by atoms with Crippen LogP contribution in [0.4, 0.5) is 0 Å². The first-order valence-electron chi connectivity index (χ1n) is 5.87. The first-order valence-corrected chi connectivity index (χ1v) is 6.68. The van der Waals surface area contributed by atoms with Crippen molar-refractivity contribution >= 4 is 11.3 Å². The van der Waals surface area contributed by atoms with Crippen LogP contribution in [0, 0.1) is 11.8 Å².